The van der Waals surface area contributed by atoms with Gasteiger partial charge in [0.25, 0.3) is 5.91 Å². The molecule has 150 valence electrons. The Balaban J connectivity index is 1.69. The molecule has 0 bridgehead atoms. The van der Waals surface area contributed by atoms with Crippen molar-refractivity contribution in [3.63, 3.8) is 0 Å². The Hall–Kier alpha value is -3.28. The number of anilines is 2. The number of amides is 1. The summed E-state index contributed by atoms with van der Waals surface area (Å²) in [5.74, 6) is 0.755. The Morgan fingerprint density at radius 3 is 2.41 bits per heavy atom. The lowest BCUT2D eigenvalue weighted by molar-refractivity contribution is 0.102. The molecule has 0 atom stereocenters. The third-order valence-electron chi connectivity index (χ3n) is 4.74. The largest absolute Gasteiger partial charge is 0.344 e. The maximum Gasteiger partial charge on any atom is 0.274 e. The van der Waals surface area contributed by atoms with E-state index in [4.69, 9.17) is 0 Å². The molecule has 0 spiro atoms. The van der Waals surface area contributed by atoms with Gasteiger partial charge in [0.05, 0.1) is 0 Å². The Labute approximate surface area is 172 Å². The predicted molar refractivity (Wildman–Crippen MR) is 116 cm³/mol. The van der Waals surface area contributed by atoms with Gasteiger partial charge in [0.1, 0.15) is 5.69 Å². The summed E-state index contributed by atoms with van der Waals surface area (Å²) >= 11 is 0. The van der Waals surface area contributed by atoms with Gasteiger partial charge in [-0.05, 0) is 60.7 Å². The average Bonchev–Trinajstić information content (AvgIpc) is 2.72. The van der Waals surface area contributed by atoms with Gasteiger partial charge in [-0.1, -0.05) is 26.0 Å². The monoisotopic (exact) mass is 389 g/mol. The van der Waals surface area contributed by atoms with Gasteiger partial charge in [-0.2, -0.15) is 0 Å². The van der Waals surface area contributed by atoms with E-state index in [0.29, 0.717) is 17.6 Å². The van der Waals surface area contributed by atoms with Crippen molar-refractivity contribution in [3.8, 4) is 0 Å². The highest BCUT2D eigenvalue weighted by molar-refractivity contribution is 6.03. The van der Waals surface area contributed by atoms with Crippen LogP contribution in [0.2, 0.25) is 0 Å². The van der Waals surface area contributed by atoms with Gasteiger partial charge in [0, 0.05) is 37.4 Å². The number of nitrogens with zero attached hydrogens (tertiary/aromatic N) is 4. The highest BCUT2D eigenvalue weighted by Crippen LogP contribution is 2.18. The number of hydrogen-bond acceptors (Lipinski definition) is 5. The minimum absolute atomic E-state index is 0.239. The first-order chi connectivity index (χ1) is 13.9. The van der Waals surface area contributed by atoms with Crippen LogP contribution in [0.1, 0.15) is 47.1 Å². The Morgan fingerprint density at radius 2 is 1.76 bits per heavy atom. The number of aromatic nitrogens is 3. The topological polar surface area (TPSA) is 71.0 Å². The van der Waals surface area contributed by atoms with E-state index in [9.17, 15) is 4.79 Å². The fourth-order valence-electron chi connectivity index (χ4n) is 2.93. The highest BCUT2D eigenvalue weighted by atomic mass is 16.1. The molecule has 1 aromatic carbocycles. The zero-order chi connectivity index (χ0) is 20.8. The molecule has 0 aliphatic carbocycles. The summed E-state index contributed by atoms with van der Waals surface area (Å²) in [6.45, 7) is 6.90. The maximum absolute atomic E-state index is 12.7. The van der Waals surface area contributed by atoms with E-state index in [1.807, 2.05) is 55.3 Å². The van der Waals surface area contributed by atoms with Gasteiger partial charge in [-0.25, -0.2) is 9.97 Å². The first-order valence-corrected chi connectivity index (χ1v) is 9.79. The summed E-state index contributed by atoms with van der Waals surface area (Å²) in [6, 6.07) is 13.6. The minimum Gasteiger partial charge on any atom is -0.344 e. The molecule has 2 heterocycles. The molecule has 0 unspecified atom stereocenters. The van der Waals surface area contributed by atoms with E-state index < -0.39 is 0 Å². The number of likely N-dealkylation sites (N-methyl/N-ethyl adjacent to an activating group) is 1. The summed E-state index contributed by atoms with van der Waals surface area (Å²) in [7, 11) is 1.93. The molecule has 29 heavy (non-hydrogen) atoms. The molecule has 2 aromatic heterocycles. The fourth-order valence-corrected chi connectivity index (χ4v) is 2.93. The zero-order valence-electron chi connectivity index (χ0n) is 17.4. The lowest BCUT2D eigenvalue weighted by atomic mass is 10.0. The molecule has 0 radical (unpaired) electrons. The van der Waals surface area contributed by atoms with Crippen molar-refractivity contribution < 1.29 is 4.79 Å². The normalized spacial score (nSPS) is 10.8. The molecule has 0 aliphatic rings. The second-order valence-electron chi connectivity index (χ2n) is 7.45. The molecule has 6 heteroatoms. The SMILES string of the molecule is Cc1cc(C(=O)Nc2ccc(C(C)C)cc2)nc(N(C)CCc2ccncc2)n1. The van der Waals surface area contributed by atoms with Gasteiger partial charge >= 0.3 is 0 Å². The summed E-state index contributed by atoms with van der Waals surface area (Å²) in [5, 5.41) is 2.92. The number of carbonyl (C=O) groups is 1. The first-order valence-electron chi connectivity index (χ1n) is 9.79. The Bertz CT molecular complexity index is 955. The number of nitrogens with one attached hydrogen (secondary N) is 1. The molecular weight excluding hydrogens is 362 g/mol. The van der Waals surface area contributed by atoms with Crippen LogP contribution < -0.4 is 10.2 Å². The van der Waals surface area contributed by atoms with Crippen LogP contribution in [-0.2, 0) is 6.42 Å². The first kappa shape index (κ1) is 20.5. The van der Waals surface area contributed by atoms with E-state index >= 15 is 0 Å². The molecular formula is C23H27N5O. The molecule has 3 rings (SSSR count). The number of aryl methyl sites for hydroxylation is 1. The van der Waals surface area contributed by atoms with E-state index in [-0.39, 0.29) is 5.91 Å². The number of benzene rings is 1. The van der Waals surface area contributed by atoms with Crippen molar-refractivity contribution in [1.82, 2.24) is 15.0 Å². The molecule has 6 nitrogen and oxygen atoms in total. The van der Waals surface area contributed by atoms with Crippen LogP contribution in [0.3, 0.4) is 0 Å². The second kappa shape index (κ2) is 9.28. The zero-order valence-corrected chi connectivity index (χ0v) is 17.4. The summed E-state index contributed by atoms with van der Waals surface area (Å²) < 4.78 is 0. The van der Waals surface area contributed by atoms with E-state index in [0.717, 1.165) is 24.3 Å². The van der Waals surface area contributed by atoms with Gasteiger partial charge in [-0.3, -0.25) is 9.78 Å². The van der Waals surface area contributed by atoms with Crippen molar-refractivity contribution >= 4 is 17.5 Å². The van der Waals surface area contributed by atoms with E-state index in [2.05, 4.69) is 34.1 Å². The molecule has 1 N–H and O–H groups in total. The Kier molecular flexibility index (Phi) is 6.54. The fraction of sp³-hybridized carbons (Fsp3) is 0.304. The van der Waals surface area contributed by atoms with Crippen LogP contribution in [0, 0.1) is 6.92 Å². The quantitative estimate of drug-likeness (QED) is 0.655. The summed E-state index contributed by atoms with van der Waals surface area (Å²) in [5.41, 5.74) is 4.30. The standard InChI is InChI=1S/C23H27N5O/c1-16(2)19-5-7-20(8-6-19)26-22(29)21-15-17(3)25-23(27-21)28(4)14-11-18-9-12-24-13-10-18/h5-10,12-13,15-16H,11,14H2,1-4H3,(H,26,29). The third kappa shape index (κ3) is 5.60. The van der Waals surface area contributed by atoms with Crippen molar-refractivity contribution in [1.29, 1.82) is 0 Å². The number of rotatable bonds is 7. The lowest BCUT2D eigenvalue weighted by Crippen LogP contribution is -2.24. The molecule has 0 aliphatic heterocycles. The molecule has 3 aromatic rings. The van der Waals surface area contributed by atoms with Crippen LogP contribution in [0.15, 0.2) is 54.9 Å². The number of pyridine rings is 1. The van der Waals surface area contributed by atoms with E-state index in [1.165, 1.54) is 11.1 Å². The van der Waals surface area contributed by atoms with Crippen molar-refractivity contribution in [2.24, 2.45) is 0 Å². The average molecular weight is 390 g/mol. The summed E-state index contributed by atoms with van der Waals surface area (Å²) in [4.78, 5) is 27.7. The Morgan fingerprint density at radius 1 is 1.07 bits per heavy atom. The van der Waals surface area contributed by atoms with Crippen molar-refractivity contribution in [3.05, 3.63) is 77.4 Å². The molecule has 0 saturated heterocycles. The molecule has 0 fully saturated rings. The van der Waals surface area contributed by atoms with Crippen LogP contribution in [0.5, 0.6) is 0 Å². The lowest BCUT2D eigenvalue weighted by Gasteiger charge is -2.18. The minimum atomic E-state index is -0.239. The number of hydrogen-bond donors (Lipinski definition) is 1. The van der Waals surface area contributed by atoms with Crippen LogP contribution in [0.4, 0.5) is 11.6 Å². The summed E-state index contributed by atoms with van der Waals surface area (Å²) in [6.07, 6.45) is 4.42. The van der Waals surface area contributed by atoms with Crippen molar-refractivity contribution in [2.45, 2.75) is 33.1 Å². The van der Waals surface area contributed by atoms with Crippen molar-refractivity contribution in [2.75, 3.05) is 23.8 Å². The highest BCUT2D eigenvalue weighted by Gasteiger charge is 2.13. The van der Waals surface area contributed by atoms with Gasteiger partial charge in [0.2, 0.25) is 5.95 Å². The third-order valence-corrected chi connectivity index (χ3v) is 4.74. The van der Waals surface area contributed by atoms with Crippen LogP contribution in [0.25, 0.3) is 0 Å². The second-order valence-corrected chi connectivity index (χ2v) is 7.45. The maximum atomic E-state index is 12.7. The van der Waals surface area contributed by atoms with Gasteiger partial charge in [-0.15, -0.1) is 0 Å². The smallest absolute Gasteiger partial charge is 0.274 e. The molecule has 0 saturated carbocycles. The van der Waals surface area contributed by atoms with Gasteiger partial charge < -0.3 is 10.2 Å². The van der Waals surface area contributed by atoms with Crippen LogP contribution in [-0.4, -0.2) is 34.5 Å². The molecule has 1 amide bonds. The van der Waals surface area contributed by atoms with E-state index in [1.54, 1.807) is 18.5 Å². The van der Waals surface area contributed by atoms with Crippen LogP contribution >= 0.6 is 0 Å². The van der Waals surface area contributed by atoms with Gasteiger partial charge in [0.15, 0.2) is 0 Å². The predicted octanol–water partition coefficient (Wildman–Crippen LogP) is 4.23. The number of carbonyl (C=O) groups excluding carboxylic acids is 1.